The van der Waals surface area contributed by atoms with Gasteiger partial charge < -0.3 is 15.3 Å². The zero-order chi connectivity index (χ0) is 27.3. The number of benzene rings is 3. The molecule has 1 aliphatic heterocycles. The minimum Gasteiger partial charge on any atom is -0.481 e. The quantitative estimate of drug-likeness (QED) is 0.330. The van der Waals surface area contributed by atoms with Gasteiger partial charge in [0.05, 0.1) is 12.0 Å². The average Bonchev–Trinajstić information content (AvgIpc) is 2.91. The van der Waals surface area contributed by atoms with E-state index in [1.807, 2.05) is 55.5 Å². The van der Waals surface area contributed by atoms with Gasteiger partial charge in [-0.1, -0.05) is 48.5 Å². The van der Waals surface area contributed by atoms with Crippen LogP contribution in [0.3, 0.4) is 0 Å². The molecule has 1 aliphatic rings. The molecule has 1 heterocycles. The smallest absolute Gasteiger partial charge is 0.389 e. The van der Waals surface area contributed by atoms with Crippen molar-refractivity contribution in [2.45, 2.75) is 44.8 Å². The topological polar surface area (TPSA) is 69.6 Å². The van der Waals surface area contributed by atoms with Crippen LogP contribution >= 0.6 is 0 Å². The van der Waals surface area contributed by atoms with Crippen molar-refractivity contribution in [1.29, 1.82) is 0 Å². The first-order chi connectivity index (χ1) is 18.1. The number of rotatable bonds is 8. The van der Waals surface area contributed by atoms with Crippen molar-refractivity contribution in [2.24, 2.45) is 5.92 Å². The van der Waals surface area contributed by atoms with E-state index in [0.29, 0.717) is 30.6 Å². The molecule has 200 valence electrons. The lowest BCUT2D eigenvalue weighted by molar-refractivity contribution is -0.143. The minimum absolute atomic E-state index is 0.139. The van der Waals surface area contributed by atoms with E-state index >= 15 is 0 Å². The van der Waals surface area contributed by atoms with Crippen molar-refractivity contribution in [3.8, 4) is 11.1 Å². The number of halogens is 3. The summed E-state index contributed by atoms with van der Waals surface area (Å²) < 4.78 is 39.4. The molecule has 0 aliphatic carbocycles. The van der Waals surface area contributed by atoms with Crippen molar-refractivity contribution < 1.29 is 27.9 Å². The molecule has 3 aromatic carbocycles. The highest BCUT2D eigenvalue weighted by Gasteiger charge is 2.30. The van der Waals surface area contributed by atoms with Gasteiger partial charge in [0.2, 0.25) is 0 Å². The molecule has 0 saturated carbocycles. The molecule has 4 rings (SSSR count). The van der Waals surface area contributed by atoms with Crippen molar-refractivity contribution in [3.63, 3.8) is 0 Å². The van der Waals surface area contributed by atoms with Crippen LogP contribution < -0.4 is 5.32 Å². The van der Waals surface area contributed by atoms with E-state index in [2.05, 4.69) is 5.32 Å². The lowest BCUT2D eigenvalue weighted by Gasteiger charge is -2.30. The zero-order valence-corrected chi connectivity index (χ0v) is 21.2. The Hall–Kier alpha value is -3.81. The molecule has 2 atom stereocenters. The number of alkyl halides is 3. The summed E-state index contributed by atoms with van der Waals surface area (Å²) in [5, 5.41) is 12.5. The summed E-state index contributed by atoms with van der Waals surface area (Å²) in [7, 11) is 0. The van der Waals surface area contributed by atoms with Gasteiger partial charge in [-0.25, -0.2) is 0 Å². The normalized spacial score (nSPS) is 16.6. The number of nitrogens with zero attached hydrogens (tertiary/aromatic N) is 1. The molecule has 0 aromatic heterocycles. The minimum atomic E-state index is -4.28. The molecule has 2 N–H and O–H groups in total. The molecular weight excluding hydrogens is 493 g/mol. The predicted octanol–water partition coefficient (Wildman–Crippen LogP) is 7.09. The van der Waals surface area contributed by atoms with Gasteiger partial charge in [-0.3, -0.25) is 9.59 Å². The summed E-state index contributed by atoms with van der Waals surface area (Å²) in [6.45, 7) is 2.57. The first-order valence-corrected chi connectivity index (χ1v) is 12.7. The van der Waals surface area contributed by atoms with Gasteiger partial charge in [0.1, 0.15) is 0 Å². The lowest BCUT2D eigenvalue weighted by atomic mass is 9.93. The molecule has 3 aromatic rings. The second-order valence-corrected chi connectivity index (χ2v) is 9.79. The van der Waals surface area contributed by atoms with E-state index in [1.54, 1.807) is 29.2 Å². The summed E-state index contributed by atoms with van der Waals surface area (Å²) in [4.78, 5) is 25.8. The molecule has 38 heavy (non-hydrogen) atoms. The van der Waals surface area contributed by atoms with Crippen LogP contribution in [0, 0.1) is 12.8 Å². The molecular formula is C30H31F3N2O3. The first kappa shape index (κ1) is 27.2. The van der Waals surface area contributed by atoms with E-state index in [1.165, 1.54) is 0 Å². The van der Waals surface area contributed by atoms with Gasteiger partial charge >= 0.3 is 12.1 Å². The number of carbonyl (C=O) groups excluding carboxylic acids is 1. The Kier molecular flexibility index (Phi) is 8.39. The Morgan fingerprint density at radius 2 is 1.74 bits per heavy atom. The summed E-state index contributed by atoms with van der Waals surface area (Å²) >= 11 is 0. The largest absolute Gasteiger partial charge is 0.481 e. The van der Waals surface area contributed by atoms with E-state index in [-0.39, 0.29) is 18.9 Å². The summed E-state index contributed by atoms with van der Waals surface area (Å²) in [6, 6.07) is 21.6. The number of amides is 1. The SMILES string of the molecule is Cc1cc(-c2ccccc2)ccc1C(CCC(F)(F)F)Nc1ccc(C(=O)N2CCC[C@@H](C(=O)O)C2)cc1. The number of carbonyl (C=O) groups is 2. The Balaban J connectivity index is 1.51. The van der Waals surface area contributed by atoms with Crippen LogP contribution in [0.4, 0.5) is 18.9 Å². The van der Waals surface area contributed by atoms with Crippen LogP contribution in [0.15, 0.2) is 72.8 Å². The first-order valence-electron chi connectivity index (χ1n) is 12.7. The van der Waals surface area contributed by atoms with Crippen molar-refractivity contribution in [1.82, 2.24) is 4.90 Å². The number of nitrogens with one attached hydrogen (secondary N) is 1. The number of anilines is 1. The highest BCUT2D eigenvalue weighted by Crippen LogP contribution is 2.33. The van der Waals surface area contributed by atoms with Crippen LogP contribution in [-0.2, 0) is 4.79 Å². The number of hydrogen-bond acceptors (Lipinski definition) is 3. The Morgan fingerprint density at radius 1 is 1.03 bits per heavy atom. The Labute approximate surface area is 220 Å². The molecule has 0 radical (unpaired) electrons. The second-order valence-electron chi connectivity index (χ2n) is 9.79. The third-order valence-electron chi connectivity index (χ3n) is 7.00. The number of aliphatic carboxylic acids is 1. The van der Waals surface area contributed by atoms with Crippen LogP contribution in [0.1, 0.15) is 53.2 Å². The predicted molar refractivity (Wildman–Crippen MR) is 141 cm³/mol. The van der Waals surface area contributed by atoms with Gasteiger partial charge in [-0.15, -0.1) is 0 Å². The molecule has 5 nitrogen and oxygen atoms in total. The van der Waals surface area contributed by atoms with Crippen molar-refractivity contribution in [2.75, 3.05) is 18.4 Å². The fourth-order valence-electron chi connectivity index (χ4n) is 4.95. The van der Waals surface area contributed by atoms with Crippen molar-refractivity contribution >= 4 is 17.6 Å². The molecule has 1 amide bonds. The zero-order valence-electron chi connectivity index (χ0n) is 21.2. The van der Waals surface area contributed by atoms with Crippen LogP contribution in [0.5, 0.6) is 0 Å². The van der Waals surface area contributed by atoms with Crippen LogP contribution in [0.25, 0.3) is 11.1 Å². The number of carboxylic acid groups (broad SMARTS) is 1. The van der Waals surface area contributed by atoms with E-state index in [0.717, 1.165) is 22.3 Å². The fourth-order valence-corrected chi connectivity index (χ4v) is 4.95. The number of aryl methyl sites for hydroxylation is 1. The molecule has 1 fully saturated rings. The lowest BCUT2D eigenvalue weighted by Crippen LogP contribution is -2.42. The molecule has 0 spiro atoms. The van der Waals surface area contributed by atoms with Gasteiger partial charge in [0.25, 0.3) is 5.91 Å². The maximum atomic E-state index is 13.1. The maximum absolute atomic E-state index is 13.1. The van der Waals surface area contributed by atoms with E-state index < -0.39 is 30.5 Å². The number of hydrogen-bond donors (Lipinski definition) is 2. The van der Waals surface area contributed by atoms with E-state index in [4.69, 9.17) is 0 Å². The second kappa shape index (κ2) is 11.7. The third-order valence-corrected chi connectivity index (χ3v) is 7.00. The van der Waals surface area contributed by atoms with E-state index in [9.17, 15) is 27.9 Å². The van der Waals surface area contributed by atoms with Gasteiger partial charge in [-0.2, -0.15) is 13.2 Å². The average molecular weight is 525 g/mol. The summed E-state index contributed by atoms with van der Waals surface area (Å²) in [5.41, 5.74) is 4.70. The number of carboxylic acids is 1. The molecule has 0 bridgehead atoms. The van der Waals surface area contributed by atoms with Gasteiger partial charge in [-0.05, 0) is 72.7 Å². The molecule has 1 unspecified atom stereocenters. The molecule has 1 saturated heterocycles. The summed E-state index contributed by atoms with van der Waals surface area (Å²) in [5.74, 6) is -1.72. The maximum Gasteiger partial charge on any atom is 0.389 e. The van der Waals surface area contributed by atoms with Gasteiger partial charge in [0.15, 0.2) is 0 Å². The number of piperidine rings is 1. The number of likely N-dealkylation sites (tertiary alicyclic amines) is 1. The highest BCUT2D eigenvalue weighted by molar-refractivity contribution is 5.95. The monoisotopic (exact) mass is 524 g/mol. The van der Waals surface area contributed by atoms with Gasteiger partial charge in [0, 0.05) is 30.8 Å². The Morgan fingerprint density at radius 3 is 2.37 bits per heavy atom. The third kappa shape index (κ3) is 6.94. The van der Waals surface area contributed by atoms with Crippen molar-refractivity contribution in [3.05, 3.63) is 89.5 Å². The van der Waals surface area contributed by atoms with Crippen LogP contribution in [0.2, 0.25) is 0 Å². The standard InChI is InChI=1S/C30H31F3N2O3/c1-20-18-23(21-6-3-2-4-7-21)11-14-26(20)27(15-16-30(31,32)33)34-25-12-9-22(10-13-25)28(36)35-17-5-8-24(19-35)29(37)38/h2-4,6-7,9-14,18,24,27,34H,5,8,15-17,19H2,1H3,(H,37,38)/t24-,27?/m1/s1. The Bertz CT molecular complexity index is 1260. The highest BCUT2D eigenvalue weighted by atomic mass is 19.4. The fraction of sp³-hybridized carbons (Fsp3) is 0.333. The van der Waals surface area contributed by atoms with Crippen LogP contribution in [-0.4, -0.2) is 41.1 Å². The molecule has 8 heteroatoms. The summed E-state index contributed by atoms with van der Waals surface area (Å²) in [6.07, 6.45) is -4.17.